The number of hydrogen-bond donors (Lipinski definition) is 2. The van der Waals surface area contributed by atoms with Gasteiger partial charge in [0.25, 0.3) is 0 Å². The van der Waals surface area contributed by atoms with Gasteiger partial charge in [-0.05, 0) is 49.3 Å². The van der Waals surface area contributed by atoms with Crippen molar-refractivity contribution in [3.8, 4) is 0 Å². The fraction of sp³-hybridized carbons (Fsp3) is 0.700. The third-order valence-electron chi connectivity index (χ3n) is 6.51. The molecule has 140 valence electrons. The monoisotopic (exact) mass is 384 g/mol. The van der Waals surface area contributed by atoms with Gasteiger partial charge in [-0.2, -0.15) is 0 Å². The summed E-state index contributed by atoms with van der Waals surface area (Å²) < 4.78 is 5.70. The molecular weight excluding hydrogens is 355 g/mol. The molecule has 3 atom stereocenters. The summed E-state index contributed by atoms with van der Waals surface area (Å²) in [4.78, 5) is 0. The van der Waals surface area contributed by atoms with Gasteiger partial charge in [0.05, 0.1) is 13.2 Å². The summed E-state index contributed by atoms with van der Waals surface area (Å²) in [5.41, 5.74) is 1.79. The molecule has 3 fully saturated rings. The van der Waals surface area contributed by atoms with Crippen molar-refractivity contribution >= 4 is 24.0 Å². The fourth-order valence-corrected chi connectivity index (χ4v) is 5.01. The average Bonchev–Trinajstić information content (AvgIpc) is 3.05. The molecule has 1 aromatic rings. The van der Waals surface area contributed by atoms with Crippen LogP contribution in [0.15, 0.2) is 24.3 Å². The number of ether oxygens (including phenoxy) is 1. The molecule has 2 N–H and O–H groups in total. The van der Waals surface area contributed by atoms with Crippen molar-refractivity contribution in [2.75, 3.05) is 26.3 Å². The Morgan fingerprint density at radius 1 is 1.16 bits per heavy atom. The first kappa shape index (κ1) is 19.4. The van der Waals surface area contributed by atoms with Gasteiger partial charge in [0, 0.05) is 35.6 Å². The van der Waals surface area contributed by atoms with Crippen LogP contribution in [-0.4, -0.2) is 38.4 Å². The standard InChI is InChI=1S/C20H29ClN2O.ClH/c21-16-7-5-15(6-8-16)20(9-2-10-20)14-23-18-4-1-3-17(18)19-13-24-12-11-22-19;/h5-8,17-19,22-23H,1-4,9-14H2;1H. The number of hydrogen-bond acceptors (Lipinski definition) is 3. The lowest BCUT2D eigenvalue weighted by atomic mass is 9.64. The highest BCUT2D eigenvalue weighted by Gasteiger charge is 2.41. The van der Waals surface area contributed by atoms with E-state index >= 15 is 0 Å². The number of rotatable bonds is 5. The second-order valence-electron chi connectivity index (χ2n) is 7.86. The number of morpholine rings is 1. The van der Waals surface area contributed by atoms with Gasteiger partial charge in [0.15, 0.2) is 0 Å². The molecule has 3 aliphatic rings. The Balaban J connectivity index is 0.00000182. The Bertz CT molecular complexity index is 541. The van der Waals surface area contributed by atoms with E-state index in [0.29, 0.717) is 23.4 Å². The minimum absolute atomic E-state index is 0. The first-order valence-corrected chi connectivity index (χ1v) is 9.95. The SMILES string of the molecule is Cl.Clc1ccc(C2(CNC3CCCC3C3COCCN3)CCC2)cc1. The average molecular weight is 385 g/mol. The zero-order chi connectivity index (χ0) is 16.4. The van der Waals surface area contributed by atoms with Crippen molar-refractivity contribution in [1.82, 2.24) is 10.6 Å². The van der Waals surface area contributed by atoms with Gasteiger partial charge in [-0.3, -0.25) is 0 Å². The van der Waals surface area contributed by atoms with E-state index in [-0.39, 0.29) is 12.4 Å². The van der Waals surface area contributed by atoms with Crippen LogP contribution in [-0.2, 0) is 10.2 Å². The molecule has 1 heterocycles. The van der Waals surface area contributed by atoms with E-state index in [9.17, 15) is 0 Å². The summed E-state index contributed by atoms with van der Waals surface area (Å²) in [6.07, 6.45) is 7.91. The normalized spacial score (nSPS) is 31.2. The van der Waals surface area contributed by atoms with E-state index < -0.39 is 0 Å². The van der Waals surface area contributed by atoms with Crippen LogP contribution in [0.25, 0.3) is 0 Å². The van der Waals surface area contributed by atoms with Gasteiger partial charge < -0.3 is 15.4 Å². The molecule has 1 aliphatic heterocycles. The lowest BCUT2D eigenvalue weighted by Crippen LogP contribution is -2.53. The van der Waals surface area contributed by atoms with E-state index in [4.69, 9.17) is 16.3 Å². The Hall–Kier alpha value is -0.320. The van der Waals surface area contributed by atoms with Crippen molar-refractivity contribution in [1.29, 1.82) is 0 Å². The molecule has 0 aromatic heterocycles. The van der Waals surface area contributed by atoms with Crippen molar-refractivity contribution in [2.24, 2.45) is 5.92 Å². The zero-order valence-corrected chi connectivity index (χ0v) is 16.4. The molecule has 0 radical (unpaired) electrons. The Labute approximate surface area is 162 Å². The summed E-state index contributed by atoms with van der Waals surface area (Å²) in [5, 5.41) is 8.46. The van der Waals surface area contributed by atoms with Crippen LogP contribution in [0.2, 0.25) is 5.02 Å². The summed E-state index contributed by atoms with van der Waals surface area (Å²) >= 11 is 6.07. The lowest BCUT2D eigenvalue weighted by molar-refractivity contribution is 0.0515. The maximum absolute atomic E-state index is 6.07. The Morgan fingerprint density at radius 2 is 1.96 bits per heavy atom. The summed E-state index contributed by atoms with van der Waals surface area (Å²) in [6, 6.07) is 9.70. The molecule has 1 saturated heterocycles. The van der Waals surface area contributed by atoms with E-state index in [1.165, 1.54) is 44.1 Å². The predicted molar refractivity (Wildman–Crippen MR) is 106 cm³/mol. The first-order chi connectivity index (χ1) is 11.8. The van der Waals surface area contributed by atoms with E-state index in [1.54, 1.807) is 0 Å². The van der Waals surface area contributed by atoms with Crippen LogP contribution in [0.4, 0.5) is 0 Å². The predicted octanol–water partition coefficient (Wildman–Crippen LogP) is 3.93. The molecule has 2 aliphatic carbocycles. The molecule has 1 aromatic carbocycles. The minimum atomic E-state index is 0. The van der Waals surface area contributed by atoms with E-state index in [0.717, 1.165) is 31.3 Å². The third-order valence-corrected chi connectivity index (χ3v) is 6.76. The quantitative estimate of drug-likeness (QED) is 0.806. The van der Waals surface area contributed by atoms with Gasteiger partial charge in [0.2, 0.25) is 0 Å². The number of benzene rings is 1. The highest BCUT2D eigenvalue weighted by molar-refractivity contribution is 6.30. The van der Waals surface area contributed by atoms with Crippen LogP contribution >= 0.6 is 24.0 Å². The van der Waals surface area contributed by atoms with Gasteiger partial charge in [0.1, 0.15) is 0 Å². The molecule has 0 bridgehead atoms. The molecule has 0 amide bonds. The van der Waals surface area contributed by atoms with Crippen LogP contribution in [0.1, 0.15) is 44.1 Å². The second-order valence-corrected chi connectivity index (χ2v) is 8.29. The van der Waals surface area contributed by atoms with E-state index in [1.807, 2.05) is 12.1 Å². The van der Waals surface area contributed by atoms with Crippen molar-refractivity contribution in [3.05, 3.63) is 34.9 Å². The second kappa shape index (κ2) is 8.58. The summed E-state index contributed by atoms with van der Waals surface area (Å²) in [7, 11) is 0. The summed E-state index contributed by atoms with van der Waals surface area (Å²) in [5.74, 6) is 0.715. The van der Waals surface area contributed by atoms with Crippen molar-refractivity contribution in [3.63, 3.8) is 0 Å². The molecule has 3 unspecified atom stereocenters. The molecule has 5 heteroatoms. The van der Waals surface area contributed by atoms with Crippen LogP contribution in [0.5, 0.6) is 0 Å². The maximum Gasteiger partial charge on any atom is 0.0623 e. The molecule has 3 nitrogen and oxygen atoms in total. The largest absolute Gasteiger partial charge is 0.379 e. The van der Waals surface area contributed by atoms with Crippen molar-refractivity contribution in [2.45, 2.75) is 56.0 Å². The third kappa shape index (κ3) is 4.17. The van der Waals surface area contributed by atoms with Gasteiger partial charge in [-0.1, -0.05) is 36.6 Å². The summed E-state index contributed by atoms with van der Waals surface area (Å²) in [6.45, 7) is 3.85. The van der Waals surface area contributed by atoms with Crippen LogP contribution in [0.3, 0.4) is 0 Å². The molecule has 2 saturated carbocycles. The van der Waals surface area contributed by atoms with E-state index in [2.05, 4.69) is 22.8 Å². The Morgan fingerprint density at radius 3 is 2.60 bits per heavy atom. The van der Waals surface area contributed by atoms with Gasteiger partial charge >= 0.3 is 0 Å². The first-order valence-electron chi connectivity index (χ1n) is 9.57. The van der Waals surface area contributed by atoms with Gasteiger partial charge in [-0.25, -0.2) is 0 Å². The molecule has 0 spiro atoms. The van der Waals surface area contributed by atoms with Crippen LogP contribution in [0, 0.1) is 5.92 Å². The zero-order valence-electron chi connectivity index (χ0n) is 14.8. The Kier molecular flexibility index (Phi) is 6.67. The highest BCUT2D eigenvalue weighted by Crippen LogP contribution is 2.44. The van der Waals surface area contributed by atoms with Crippen LogP contribution < -0.4 is 10.6 Å². The topological polar surface area (TPSA) is 33.3 Å². The maximum atomic E-state index is 6.07. The highest BCUT2D eigenvalue weighted by atomic mass is 35.5. The number of nitrogens with one attached hydrogen (secondary N) is 2. The number of halogens is 2. The molecule has 4 rings (SSSR count). The molecule has 25 heavy (non-hydrogen) atoms. The smallest absolute Gasteiger partial charge is 0.0623 e. The van der Waals surface area contributed by atoms with Gasteiger partial charge in [-0.15, -0.1) is 12.4 Å². The lowest BCUT2D eigenvalue weighted by Gasteiger charge is -2.44. The minimum Gasteiger partial charge on any atom is -0.379 e. The fourth-order valence-electron chi connectivity index (χ4n) is 4.89. The molecular formula is C20H30Cl2N2O. The van der Waals surface area contributed by atoms with Crippen molar-refractivity contribution < 1.29 is 4.74 Å².